The van der Waals surface area contributed by atoms with Gasteiger partial charge in [0.1, 0.15) is 11.0 Å². The Labute approximate surface area is 190 Å². The third kappa shape index (κ3) is 3.56. The van der Waals surface area contributed by atoms with E-state index in [1.54, 1.807) is 19.2 Å². The van der Waals surface area contributed by atoms with Crippen LogP contribution in [0, 0.1) is 6.92 Å². The van der Waals surface area contributed by atoms with Gasteiger partial charge in [0.25, 0.3) is 5.56 Å². The lowest BCUT2D eigenvalue weighted by Gasteiger charge is -2.32. The summed E-state index contributed by atoms with van der Waals surface area (Å²) in [5.74, 6) is -0.298. The summed E-state index contributed by atoms with van der Waals surface area (Å²) in [7, 11) is 1.68. The molecule has 5 rings (SSSR count). The van der Waals surface area contributed by atoms with Crippen molar-refractivity contribution in [3.05, 3.63) is 69.5 Å². The number of carboxylic acid groups (broad SMARTS) is 1. The zero-order valence-corrected chi connectivity index (χ0v) is 18.8. The molecule has 0 saturated carbocycles. The van der Waals surface area contributed by atoms with Crippen molar-refractivity contribution in [2.45, 2.75) is 32.4 Å². The quantitative estimate of drug-likeness (QED) is 0.500. The highest BCUT2D eigenvalue weighted by Crippen LogP contribution is 2.30. The van der Waals surface area contributed by atoms with E-state index in [0.717, 1.165) is 41.8 Å². The summed E-state index contributed by atoms with van der Waals surface area (Å²) >= 11 is 0. The van der Waals surface area contributed by atoms with Crippen molar-refractivity contribution in [2.24, 2.45) is 12.8 Å². The number of nitrogens with two attached hydrogens (primary N) is 1. The van der Waals surface area contributed by atoms with Gasteiger partial charge in [0.05, 0.1) is 17.6 Å². The molecule has 1 fully saturated rings. The zero-order valence-electron chi connectivity index (χ0n) is 18.8. The van der Waals surface area contributed by atoms with Crippen LogP contribution in [0.3, 0.4) is 0 Å². The minimum absolute atomic E-state index is 0.0585. The monoisotopic (exact) mass is 445 g/mol. The van der Waals surface area contributed by atoms with Gasteiger partial charge in [-0.1, -0.05) is 24.3 Å². The summed E-state index contributed by atoms with van der Waals surface area (Å²) in [5.41, 5.74) is 10.1. The molecule has 0 aliphatic carbocycles. The van der Waals surface area contributed by atoms with Crippen LogP contribution in [-0.4, -0.2) is 44.3 Å². The van der Waals surface area contributed by atoms with Crippen molar-refractivity contribution < 1.29 is 9.90 Å². The van der Waals surface area contributed by atoms with E-state index in [2.05, 4.69) is 24.0 Å². The number of hydrogen-bond acceptors (Lipinski definition) is 5. The molecule has 0 bridgehead atoms. The molecule has 0 unspecified atom stereocenters. The van der Waals surface area contributed by atoms with E-state index in [1.807, 2.05) is 16.7 Å². The average molecular weight is 446 g/mol. The molecule has 0 radical (unpaired) electrons. The second kappa shape index (κ2) is 8.04. The number of aromatic nitrogens is 3. The van der Waals surface area contributed by atoms with Gasteiger partial charge >= 0.3 is 5.97 Å². The molecule has 0 amide bonds. The molecule has 2 aromatic heterocycles. The first kappa shape index (κ1) is 21.2. The number of aryl methyl sites for hydroxylation is 2. The number of piperidine rings is 1. The number of imidazole rings is 1. The van der Waals surface area contributed by atoms with Crippen molar-refractivity contribution in [3.63, 3.8) is 0 Å². The topological polar surface area (TPSA) is 106 Å². The number of hydrogen-bond donors (Lipinski definition) is 2. The van der Waals surface area contributed by atoms with Crippen molar-refractivity contribution in [3.8, 4) is 0 Å². The molecule has 0 spiro atoms. The van der Waals surface area contributed by atoms with Crippen LogP contribution in [0.25, 0.3) is 21.9 Å². The van der Waals surface area contributed by atoms with E-state index < -0.39 is 5.97 Å². The second-order valence-corrected chi connectivity index (χ2v) is 8.87. The predicted molar refractivity (Wildman–Crippen MR) is 129 cm³/mol. The molecule has 1 aliphatic rings. The lowest BCUT2D eigenvalue weighted by molar-refractivity contribution is 0.0697. The summed E-state index contributed by atoms with van der Waals surface area (Å²) in [6.45, 7) is 4.08. The molecule has 3 heterocycles. The Hall–Kier alpha value is -3.65. The lowest BCUT2D eigenvalue weighted by Crippen LogP contribution is -2.44. The highest BCUT2D eigenvalue weighted by molar-refractivity contribution is 6.05. The first-order valence-electron chi connectivity index (χ1n) is 11.2. The molecule has 1 aliphatic heterocycles. The predicted octanol–water partition coefficient (Wildman–Crippen LogP) is 2.87. The molecular formula is C25H27N5O3. The SMILES string of the molecule is Cc1ccccc1Cn1c(N2CCC[C@@H](N)C2)nc2c3ccc(C(=O)O)cc3n(C)c(=O)c21. The Morgan fingerprint density at radius 3 is 2.76 bits per heavy atom. The van der Waals surface area contributed by atoms with E-state index in [-0.39, 0.29) is 17.2 Å². The maximum absolute atomic E-state index is 13.6. The number of pyridine rings is 1. The molecular weight excluding hydrogens is 418 g/mol. The number of rotatable bonds is 4. The maximum Gasteiger partial charge on any atom is 0.335 e. The van der Waals surface area contributed by atoms with E-state index in [9.17, 15) is 14.7 Å². The Morgan fingerprint density at radius 2 is 2.03 bits per heavy atom. The van der Waals surface area contributed by atoms with E-state index >= 15 is 0 Å². The normalized spacial score (nSPS) is 16.6. The van der Waals surface area contributed by atoms with Crippen LogP contribution in [0.2, 0.25) is 0 Å². The van der Waals surface area contributed by atoms with Crippen LogP contribution in [0.4, 0.5) is 5.95 Å². The Kier molecular flexibility index (Phi) is 5.17. The van der Waals surface area contributed by atoms with Crippen molar-refractivity contribution in [2.75, 3.05) is 18.0 Å². The zero-order chi connectivity index (χ0) is 23.3. The van der Waals surface area contributed by atoms with Gasteiger partial charge in [0.15, 0.2) is 0 Å². The molecule has 33 heavy (non-hydrogen) atoms. The first-order chi connectivity index (χ1) is 15.8. The largest absolute Gasteiger partial charge is 0.478 e. The van der Waals surface area contributed by atoms with E-state index in [1.165, 1.54) is 10.6 Å². The number of carbonyl (C=O) groups is 1. The molecule has 3 N–H and O–H groups in total. The summed E-state index contributed by atoms with van der Waals surface area (Å²) in [4.78, 5) is 32.2. The Bertz CT molecular complexity index is 1450. The van der Waals surface area contributed by atoms with Gasteiger partial charge in [-0.15, -0.1) is 0 Å². The van der Waals surface area contributed by atoms with Gasteiger partial charge in [0, 0.05) is 31.6 Å². The highest BCUT2D eigenvalue weighted by atomic mass is 16.4. The standard InChI is InChI=1S/C25H27N5O3/c1-15-6-3-4-7-17(15)13-30-22-21(27-25(30)29-11-5-8-18(26)14-29)19-10-9-16(24(32)33)12-20(19)28(2)23(22)31/h3-4,6-7,9-10,12,18H,5,8,11,13-14,26H2,1-2H3,(H,32,33)/t18-/m1/s1. The number of aromatic carboxylic acids is 1. The molecule has 2 aromatic carbocycles. The van der Waals surface area contributed by atoms with Crippen molar-refractivity contribution in [1.82, 2.24) is 14.1 Å². The van der Waals surface area contributed by atoms with Crippen LogP contribution in [-0.2, 0) is 13.6 Å². The van der Waals surface area contributed by atoms with Gasteiger partial charge in [-0.05, 0) is 49.1 Å². The van der Waals surface area contributed by atoms with Gasteiger partial charge in [-0.2, -0.15) is 0 Å². The average Bonchev–Trinajstić information content (AvgIpc) is 3.18. The number of fused-ring (bicyclic) bond motifs is 3. The van der Waals surface area contributed by atoms with E-state index in [0.29, 0.717) is 29.6 Å². The Balaban J connectivity index is 1.81. The maximum atomic E-state index is 13.6. The summed E-state index contributed by atoms with van der Waals surface area (Å²) < 4.78 is 3.52. The van der Waals surface area contributed by atoms with Crippen molar-refractivity contribution >= 4 is 33.9 Å². The van der Waals surface area contributed by atoms with Crippen molar-refractivity contribution in [1.29, 1.82) is 0 Å². The van der Waals surface area contributed by atoms with Crippen LogP contribution in [0.5, 0.6) is 0 Å². The number of nitrogens with zero attached hydrogens (tertiary/aromatic N) is 4. The fraction of sp³-hybridized carbons (Fsp3) is 0.320. The van der Waals surface area contributed by atoms with Crippen LogP contribution >= 0.6 is 0 Å². The number of anilines is 1. The molecule has 1 saturated heterocycles. The van der Waals surface area contributed by atoms with Gasteiger partial charge in [0.2, 0.25) is 5.95 Å². The summed E-state index contributed by atoms with van der Waals surface area (Å²) in [6.07, 6.45) is 1.94. The molecule has 1 atom stereocenters. The third-order valence-electron chi connectivity index (χ3n) is 6.65. The number of benzene rings is 2. The van der Waals surface area contributed by atoms with E-state index in [4.69, 9.17) is 10.7 Å². The second-order valence-electron chi connectivity index (χ2n) is 8.87. The highest BCUT2D eigenvalue weighted by Gasteiger charge is 2.26. The van der Waals surface area contributed by atoms with Gasteiger partial charge in [-0.3, -0.25) is 4.79 Å². The fourth-order valence-corrected chi connectivity index (χ4v) is 4.80. The Morgan fingerprint density at radius 1 is 1.24 bits per heavy atom. The minimum Gasteiger partial charge on any atom is -0.478 e. The lowest BCUT2D eigenvalue weighted by atomic mass is 10.1. The first-order valence-corrected chi connectivity index (χ1v) is 11.2. The van der Waals surface area contributed by atoms with Crippen LogP contribution in [0.1, 0.15) is 34.3 Å². The molecule has 170 valence electrons. The summed E-state index contributed by atoms with van der Waals surface area (Å²) in [6, 6.07) is 13.0. The third-order valence-corrected chi connectivity index (χ3v) is 6.65. The molecule has 4 aromatic rings. The smallest absolute Gasteiger partial charge is 0.335 e. The summed E-state index contributed by atoms with van der Waals surface area (Å²) in [5, 5.41) is 10.2. The molecule has 8 heteroatoms. The fourth-order valence-electron chi connectivity index (χ4n) is 4.80. The minimum atomic E-state index is -1.03. The van der Waals surface area contributed by atoms with Crippen LogP contribution < -0.4 is 16.2 Å². The number of carboxylic acids is 1. The molecule has 8 nitrogen and oxygen atoms in total. The van der Waals surface area contributed by atoms with Gasteiger partial charge < -0.3 is 24.9 Å². The van der Waals surface area contributed by atoms with Gasteiger partial charge in [-0.25, -0.2) is 9.78 Å². The van der Waals surface area contributed by atoms with Crippen LogP contribution in [0.15, 0.2) is 47.3 Å².